The number of rotatable bonds is 7. The number of carbonyl (C=O) groups excluding carboxylic acids is 1. The number of anilines is 1. The Morgan fingerprint density at radius 2 is 1.89 bits per heavy atom. The molecule has 0 aliphatic carbocycles. The van der Waals surface area contributed by atoms with Crippen molar-refractivity contribution in [1.82, 2.24) is 10.2 Å². The molecule has 1 aliphatic rings. The number of hydrogen-bond donors (Lipinski definition) is 2. The molecule has 1 heterocycles. The van der Waals surface area contributed by atoms with Crippen LogP contribution in [0.4, 0.5) is 10.1 Å². The minimum Gasteiger partial charge on any atom is -0.323 e. The van der Waals surface area contributed by atoms with Crippen LogP contribution < -0.4 is 10.6 Å². The summed E-state index contributed by atoms with van der Waals surface area (Å²) in [4.78, 5) is 14.9. The van der Waals surface area contributed by atoms with Gasteiger partial charge in [0.2, 0.25) is 5.91 Å². The maximum Gasteiger partial charge on any atom is 0.241 e. The lowest BCUT2D eigenvalue weighted by atomic mass is 10.1. The first-order valence-corrected chi connectivity index (χ1v) is 9.69. The number of amides is 1. The van der Waals surface area contributed by atoms with Gasteiger partial charge in [-0.15, -0.1) is 0 Å². The Morgan fingerprint density at radius 1 is 1.19 bits per heavy atom. The van der Waals surface area contributed by atoms with E-state index in [1.54, 1.807) is 6.92 Å². The lowest BCUT2D eigenvalue weighted by molar-refractivity contribution is -0.117. The summed E-state index contributed by atoms with van der Waals surface area (Å²) >= 11 is 5.97. The van der Waals surface area contributed by atoms with Crippen molar-refractivity contribution in [3.05, 3.63) is 64.4 Å². The van der Waals surface area contributed by atoms with Crippen LogP contribution in [0.1, 0.15) is 30.9 Å². The van der Waals surface area contributed by atoms with Crippen LogP contribution in [-0.4, -0.2) is 29.9 Å². The highest BCUT2D eigenvalue weighted by Crippen LogP contribution is 2.22. The zero-order valence-electron chi connectivity index (χ0n) is 15.5. The van der Waals surface area contributed by atoms with E-state index < -0.39 is 11.9 Å². The summed E-state index contributed by atoms with van der Waals surface area (Å²) in [5, 5.41) is 6.19. The molecule has 2 aromatic rings. The molecule has 144 valence electrons. The molecule has 3 rings (SSSR count). The third-order valence-corrected chi connectivity index (χ3v) is 5.20. The van der Waals surface area contributed by atoms with Gasteiger partial charge in [0.25, 0.3) is 0 Å². The van der Waals surface area contributed by atoms with Crippen molar-refractivity contribution in [1.29, 1.82) is 0 Å². The minimum absolute atomic E-state index is 0.187. The van der Waals surface area contributed by atoms with Gasteiger partial charge < -0.3 is 10.6 Å². The van der Waals surface area contributed by atoms with Crippen molar-refractivity contribution in [3.63, 3.8) is 0 Å². The van der Waals surface area contributed by atoms with Crippen LogP contribution in [0.5, 0.6) is 0 Å². The van der Waals surface area contributed by atoms with Gasteiger partial charge in [-0.05, 0) is 62.2 Å². The summed E-state index contributed by atoms with van der Waals surface area (Å²) in [6, 6.07) is 11.8. The van der Waals surface area contributed by atoms with Gasteiger partial charge in [-0.3, -0.25) is 9.69 Å². The second kappa shape index (κ2) is 9.31. The Kier molecular flexibility index (Phi) is 6.83. The highest BCUT2D eigenvalue weighted by molar-refractivity contribution is 6.33. The molecule has 27 heavy (non-hydrogen) atoms. The summed E-state index contributed by atoms with van der Waals surface area (Å²) < 4.78 is 13.1. The minimum atomic E-state index is -0.432. The molecule has 6 heteroatoms. The summed E-state index contributed by atoms with van der Waals surface area (Å²) in [6.07, 6.45) is 2.53. The van der Waals surface area contributed by atoms with E-state index >= 15 is 0 Å². The van der Waals surface area contributed by atoms with Crippen LogP contribution in [0.3, 0.4) is 0 Å². The smallest absolute Gasteiger partial charge is 0.241 e. The maximum atomic E-state index is 13.1. The number of likely N-dealkylation sites (tertiary alicyclic amines) is 1. The molecule has 1 aliphatic heterocycles. The molecule has 2 N–H and O–H groups in total. The SMILES string of the molecule is C[C@H](NCc1ccccc1CN1CCCC1)C(=O)Nc1ccc(F)cc1Cl. The fraction of sp³-hybridized carbons (Fsp3) is 0.381. The maximum absolute atomic E-state index is 13.1. The highest BCUT2D eigenvalue weighted by atomic mass is 35.5. The monoisotopic (exact) mass is 389 g/mol. The molecule has 1 fully saturated rings. The van der Waals surface area contributed by atoms with Gasteiger partial charge in [0.05, 0.1) is 16.8 Å². The molecule has 4 nitrogen and oxygen atoms in total. The molecule has 1 atom stereocenters. The van der Waals surface area contributed by atoms with Gasteiger partial charge in [-0.25, -0.2) is 4.39 Å². The average Bonchev–Trinajstić information content (AvgIpc) is 3.16. The van der Waals surface area contributed by atoms with Crippen LogP contribution in [0.15, 0.2) is 42.5 Å². The fourth-order valence-corrected chi connectivity index (χ4v) is 3.47. The first-order valence-electron chi connectivity index (χ1n) is 9.31. The van der Waals surface area contributed by atoms with Crippen LogP contribution in [0.2, 0.25) is 5.02 Å². The Hall–Kier alpha value is -1.95. The van der Waals surface area contributed by atoms with E-state index in [4.69, 9.17) is 11.6 Å². The van der Waals surface area contributed by atoms with Crippen molar-refractivity contribution in [2.45, 2.75) is 38.9 Å². The molecule has 0 bridgehead atoms. The third-order valence-electron chi connectivity index (χ3n) is 4.89. The summed E-state index contributed by atoms with van der Waals surface area (Å²) in [7, 11) is 0. The Labute approximate surface area is 164 Å². The summed E-state index contributed by atoms with van der Waals surface area (Å²) in [5.74, 6) is -0.640. The Balaban J connectivity index is 1.56. The van der Waals surface area contributed by atoms with Gasteiger partial charge >= 0.3 is 0 Å². The lowest BCUT2D eigenvalue weighted by Gasteiger charge is -2.19. The zero-order chi connectivity index (χ0) is 19.2. The summed E-state index contributed by atoms with van der Waals surface area (Å²) in [6.45, 7) is 5.66. The number of halogens is 2. The molecule has 0 radical (unpaired) electrons. The van der Waals surface area contributed by atoms with Gasteiger partial charge in [0.1, 0.15) is 5.82 Å². The second-order valence-corrected chi connectivity index (χ2v) is 7.38. The van der Waals surface area contributed by atoms with Crippen molar-refractivity contribution in [2.75, 3.05) is 18.4 Å². The van der Waals surface area contributed by atoms with Crippen molar-refractivity contribution in [3.8, 4) is 0 Å². The predicted octanol–water partition coefficient (Wildman–Crippen LogP) is 4.19. The Morgan fingerprint density at radius 3 is 2.59 bits per heavy atom. The van der Waals surface area contributed by atoms with E-state index in [-0.39, 0.29) is 10.9 Å². The molecule has 0 aromatic heterocycles. The van der Waals surface area contributed by atoms with E-state index in [1.807, 2.05) is 6.07 Å². The molecule has 1 saturated heterocycles. The van der Waals surface area contributed by atoms with Crippen LogP contribution >= 0.6 is 11.6 Å². The molecular weight excluding hydrogens is 365 g/mol. The number of carbonyl (C=O) groups is 1. The van der Waals surface area contributed by atoms with Crippen molar-refractivity contribution >= 4 is 23.2 Å². The van der Waals surface area contributed by atoms with E-state index in [0.29, 0.717) is 12.2 Å². The van der Waals surface area contributed by atoms with Crippen LogP contribution in [0, 0.1) is 5.82 Å². The first kappa shape index (κ1) is 19.8. The molecule has 2 aromatic carbocycles. The molecular formula is C21H25ClFN3O. The van der Waals surface area contributed by atoms with E-state index in [9.17, 15) is 9.18 Å². The topological polar surface area (TPSA) is 44.4 Å². The Bertz CT molecular complexity index is 793. The van der Waals surface area contributed by atoms with E-state index in [1.165, 1.54) is 42.2 Å². The van der Waals surface area contributed by atoms with Crippen LogP contribution in [0.25, 0.3) is 0 Å². The number of hydrogen-bond acceptors (Lipinski definition) is 3. The summed E-state index contributed by atoms with van der Waals surface area (Å²) in [5.41, 5.74) is 2.90. The van der Waals surface area contributed by atoms with E-state index in [2.05, 4.69) is 33.7 Å². The molecule has 0 spiro atoms. The quantitative estimate of drug-likeness (QED) is 0.746. The van der Waals surface area contributed by atoms with Crippen molar-refractivity contribution < 1.29 is 9.18 Å². The number of nitrogens with zero attached hydrogens (tertiary/aromatic N) is 1. The largest absolute Gasteiger partial charge is 0.323 e. The molecule has 0 unspecified atom stereocenters. The predicted molar refractivity (Wildman–Crippen MR) is 107 cm³/mol. The van der Waals surface area contributed by atoms with Gasteiger partial charge in [0, 0.05) is 13.1 Å². The standard InChI is InChI=1S/C21H25ClFN3O/c1-15(21(27)25-20-9-8-18(23)12-19(20)22)24-13-16-6-2-3-7-17(16)14-26-10-4-5-11-26/h2-3,6-9,12,15,24H,4-5,10-11,13-14H2,1H3,(H,25,27)/t15-/m0/s1. The van der Waals surface area contributed by atoms with Gasteiger partial charge in [-0.1, -0.05) is 35.9 Å². The first-order chi connectivity index (χ1) is 13.0. The zero-order valence-corrected chi connectivity index (χ0v) is 16.2. The highest BCUT2D eigenvalue weighted by Gasteiger charge is 2.16. The number of benzene rings is 2. The normalized spacial score (nSPS) is 15.7. The fourth-order valence-electron chi connectivity index (χ4n) is 3.25. The van der Waals surface area contributed by atoms with Gasteiger partial charge in [0.15, 0.2) is 0 Å². The second-order valence-electron chi connectivity index (χ2n) is 6.97. The molecule has 0 saturated carbocycles. The van der Waals surface area contributed by atoms with Gasteiger partial charge in [-0.2, -0.15) is 0 Å². The van der Waals surface area contributed by atoms with Crippen LogP contribution in [-0.2, 0) is 17.9 Å². The average molecular weight is 390 g/mol. The lowest BCUT2D eigenvalue weighted by Crippen LogP contribution is -2.38. The number of nitrogens with one attached hydrogen (secondary N) is 2. The van der Waals surface area contributed by atoms with E-state index in [0.717, 1.165) is 19.6 Å². The molecule has 1 amide bonds. The third kappa shape index (κ3) is 5.51. The van der Waals surface area contributed by atoms with Crippen molar-refractivity contribution in [2.24, 2.45) is 0 Å².